The Morgan fingerprint density at radius 2 is 1.82 bits per heavy atom. The van der Waals surface area contributed by atoms with Crippen LogP contribution >= 0.6 is 0 Å². The molecule has 1 amide bonds. The Balaban J connectivity index is 1.58. The van der Waals surface area contributed by atoms with Gasteiger partial charge in [-0.2, -0.15) is 0 Å². The zero-order valence-electron chi connectivity index (χ0n) is 15.3. The average molecular weight is 380 g/mol. The predicted octanol–water partition coefficient (Wildman–Crippen LogP) is 3.15. The molecule has 0 unspecified atom stereocenters. The number of carbonyl (C=O) groups excluding carboxylic acids is 1. The molecule has 1 aliphatic rings. The predicted molar refractivity (Wildman–Crippen MR) is 105 cm³/mol. The average Bonchev–Trinajstić information content (AvgIpc) is 2.73. The molecule has 0 atom stereocenters. The zero-order valence-corrected chi connectivity index (χ0v) is 15.3. The molecule has 3 aromatic rings. The van der Waals surface area contributed by atoms with Gasteiger partial charge in [-0.15, -0.1) is 0 Å². The van der Waals surface area contributed by atoms with Crippen LogP contribution in [0.25, 0.3) is 10.8 Å². The first-order valence-corrected chi connectivity index (χ1v) is 9.31. The van der Waals surface area contributed by atoms with E-state index >= 15 is 0 Å². The number of hydrogen-bond acceptors (Lipinski definition) is 3. The molecular formula is C22H21FN2O3. The van der Waals surface area contributed by atoms with Gasteiger partial charge < -0.3 is 15.0 Å². The number of benzene rings is 2. The first-order valence-electron chi connectivity index (χ1n) is 9.31. The highest BCUT2D eigenvalue weighted by atomic mass is 19.1. The number of amides is 1. The minimum atomic E-state index is -0.337. The van der Waals surface area contributed by atoms with Gasteiger partial charge in [-0.1, -0.05) is 30.3 Å². The summed E-state index contributed by atoms with van der Waals surface area (Å²) in [5.74, 6) is -0.625. The fourth-order valence-electron chi connectivity index (χ4n) is 3.81. The molecule has 1 saturated heterocycles. The number of fused-ring (bicyclic) bond motifs is 1. The van der Waals surface area contributed by atoms with E-state index in [2.05, 4.69) is 10.3 Å². The molecule has 4 rings (SSSR count). The Hall–Kier alpha value is -2.99. The van der Waals surface area contributed by atoms with Crippen LogP contribution in [0.3, 0.4) is 0 Å². The molecule has 1 fully saturated rings. The van der Waals surface area contributed by atoms with Crippen molar-refractivity contribution < 1.29 is 13.9 Å². The van der Waals surface area contributed by atoms with Crippen LogP contribution in [0.4, 0.5) is 4.39 Å². The molecule has 0 saturated carbocycles. The number of nitrogens with one attached hydrogen (secondary N) is 2. The zero-order chi connectivity index (χ0) is 19.6. The van der Waals surface area contributed by atoms with E-state index in [1.807, 2.05) is 6.07 Å². The van der Waals surface area contributed by atoms with Gasteiger partial charge in [-0.25, -0.2) is 4.39 Å². The third-order valence-corrected chi connectivity index (χ3v) is 5.49. The van der Waals surface area contributed by atoms with E-state index in [9.17, 15) is 14.0 Å². The number of aromatic nitrogens is 1. The minimum absolute atomic E-state index is 0.227. The fraction of sp³-hybridized carbons (Fsp3) is 0.273. The third-order valence-electron chi connectivity index (χ3n) is 5.49. The Morgan fingerprint density at radius 1 is 1.11 bits per heavy atom. The largest absolute Gasteiger partial charge is 0.381 e. The summed E-state index contributed by atoms with van der Waals surface area (Å²) in [6.45, 7) is 1.55. The maximum Gasteiger partial charge on any atom is 0.267 e. The summed E-state index contributed by atoms with van der Waals surface area (Å²) in [5.41, 5.74) is 0.593. The van der Waals surface area contributed by atoms with Crippen molar-refractivity contribution >= 4 is 16.7 Å². The smallest absolute Gasteiger partial charge is 0.267 e. The summed E-state index contributed by atoms with van der Waals surface area (Å²) in [6, 6.07) is 15.2. The molecule has 6 heteroatoms. The lowest BCUT2D eigenvalue weighted by Crippen LogP contribution is -2.45. The highest BCUT2D eigenvalue weighted by Gasteiger charge is 2.35. The molecule has 0 bridgehead atoms. The number of pyridine rings is 1. The Morgan fingerprint density at radius 3 is 2.57 bits per heavy atom. The summed E-state index contributed by atoms with van der Waals surface area (Å²) in [4.78, 5) is 27.6. The van der Waals surface area contributed by atoms with Gasteiger partial charge in [0, 0.05) is 30.6 Å². The number of hydrogen-bond donors (Lipinski definition) is 2. The van der Waals surface area contributed by atoms with Crippen LogP contribution in [-0.2, 0) is 10.2 Å². The van der Waals surface area contributed by atoms with Gasteiger partial charge in [0.05, 0.1) is 0 Å². The van der Waals surface area contributed by atoms with E-state index in [1.54, 1.807) is 36.4 Å². The van der Waals surface area contributed by atoms with E-state index in [0.29, 0.717) is 25.1 Å². The number of halogens is 1. The fourth-order valence-corrected chi connectivity index (χ4v) is 3.81. The molecular weight excluding hydrogens is 359 g/mol. The van der Waals surface area contributed by atoms with Gasteiger partial charge in [0.25, 0.3) is 11.5 Å². The monoisotopic (exact) mass is 380 g/mol. The topological polar surface area (TPSA) is 71.2 Å². The van der Waals surface area contributed by atoms with E-state index in [4.69, 9.17) is 4.74 Å². The number of ether oxygens (including phenoxy) is 1. The summed E-state index contributed by atoms with van der Waals surface area (Å²) in [6.07, 6.45) is 1.46. The minimum Gasteiger partial charge on any atom is -0.381 e. The molecule has 1 aliphatic heterocycles. The summed E-state index contributed by atoms with van der Waals surface area (Å²) < 4.78 is 18.8. The lowest BCUT2D eigenvalue weighted by atomic mass is 9.74. The molecule has 0 aliphatic carbocycles. The summed E-state index contributed by atoms with van der Waals surface area (Å²) >= 11 is 0. The van der Waals surface area contributed by atoms with Crippen LogP contribution in [0.1, 0.15) is 28.9 Å². The van der Waals surface area contributed by atoms with Crippen molar-refractivity contribution in [2.45, 2.75) is 18.3 Å². The van der Waals surface area contributed by atoms with E-state index in [1.165, 1.54) is 12.1 Å². The molecule has 1 aromatic heterocycles. The summed E-state index contributed by atoms with van der Waals surface area (Å²) in [5, 5.41) is 4.22. The van der Waals surface area contributed by atoms with E-state index < -0.39 is 0 Å². The van der Waals surface area contributed by atoms with Gasteiger partial charge in [-0.05, 0) is 48.1 Å². The molecule has 2 heterocycles. The van der Waals surface area contributed by atoms with Crippen LogP contribution in [0, 0.1) is 5.82 Å². The number of H-pyrrole nitrogens is 1. The second kappa shape index (κ2) is 7.56. The molecule has 2 N–H and O–H groups in total. The maximum atomic E-state index is 13.4. The molecule has 0 radical (unpaired) electrons. The van der Waals surface area contributed by atoms with Crippen molar-refractivity contribution in [3.8, 4) is 0 Å². The number of aromatic amines is 1. The Labute approximate surface area is 161 Å². The lowest BCUT2D eigenvalue weighted by molar-refractivity contribution is 0.0486. The second-order valence-electron chi connectivity index (χ2n) is 7.18. The highest BCUT2D eigenvalue weighted by Crippen LogP contribution is 2.34. The normalized spacial score (nSPS) is 16.0. The highest BCUT2D eigenvalue weighted by molar-refractivity contribution is 5.96. The second-order valence-corrected chi connectivity index (χ2v) is 7.18. The van der Waals surface area contributed by atoms with Crippen LogP contribution in [0.2, 0.25) is 0 Å². The standard InChI is InChI=1S/C22H21FN2O3/c23-17-7-5-16(6-8-17)22(9-11-28-12-10-22)14-24-21(27)19-13-15-3-1-2-4-18(15)20(26)25-19/h1-8,13H,9-12,14H2,(H,24,27)(H,25,26). The van der Waals surface area contributed by atoms with Gasteiger partial charge in [0.1, 0.15) is 11.5 Å². The van der Waals surface area contributed by atoms with Gasteiger partial charge >= 0.3 is 0 Å². The molecule has 0 spiro atoms. The van der Waals surface area contributed by atoms with E-state index in [-0.39, 0.29) is 28.4 Å². The summed E-state index contributed by atoms with van der Waals surface area (Å²) in [7, 11) is 0. The van der Waals surface area contributed by atoms with Crippen molar-refractivity contribution in [3.63, 3.8) is 0 Å². The maximum absolute atomic E-state index is 13.4. The number of carbonyl (C=O) groups is 1. The van der Waals surface area contributed by atoms with Crippen LogP contribution in [0.5, 0.6) is 0 Å². The quantitative estimate of drug-likeness (QED) is 0.730. The first-order chi connectivity index (χ1) is 13.6. The Bertz CT molecular complexity index is 1050. The molecule has 5 nitrogen and oxygen atoms in total. The lowest BCUT2D eigenvalue weighted by Gasteiger charge is -2.38. The van der Waals surface area contributed by atoms with Gasteiger partial charge in [0.2, 0.25) is 0 Å². The molecule has 144 valence electrons. The first kappa shape index (κ1) is 18.4. The number of rotatable bonds is 4. The van der Waals surface area contributed by atoms with Crippen LogP contribution in [-0.4, -0.2) is 30.6 Å². The van der Waals surface area contributed by atoms with Crippen molar-refractivity contribution in [2.24, 2.45) is 0 Å². The van der Waals surface area contributed by atoms with Gasteiger partial charge in [-0.3, -0.25) is 9.59 Å². The van der Waals surface area contributed by atoms with E-state index in [0.717, 1.165) is 23.8 Å². The van der Waals surface area contributed by atoms with Crippen LogP contribution < -0.4 is 10.9 Å². The van der Waals surface area contributed by atoms with Crippen molar-refractivity contribution in [1.29, 1.82) is 0 Å². The SMILES string of the molecule is O=C(NCC1(c2ccc(F)cc2)CCOCC1)c1cc2ccccc2c(=O)[nH]1. The van der Waals surface area contributed by atoms with Crippen molar-refractivity contribution in [1.82, 2.24) is 10.3 Å². The molecule has 2 aromatic carbocycles. The van der Waals surface area contributed by atoms with Crippen molar-refractivity contribution in [3.05, 3.63) is 82.0 Å². The third kappa shape index (κ3) is 3.55. The Kier molecular flexibility index (Phi) is 4.96. The van der Waals surface area contributed by atoms with Gasteiger partial charge in [0.15, 0.2) is 0 Å². The molecule has 28 heavy (non-hydrogen) atoms. The van der Waals surface area contributed by atoms with Crippen molar-refractivity contribution in [2.75, 3.05) is 19.8 Å². The van der Waals surface area contributed by atoms with Crippen LogP contribution in [0.15, 0.2) is 59.4 Å².